The molecular weight excluding hydrogens is 184 g/mol. The minimum Gasteiger partial charge on any atom is -0.381 e. The first-order chi connectivity index (χ1) is 4.54. The molecule has 0 rings (SSSR count). The summed E-state index contributed by atoms with van der Waals surface area (Å²) in [7, 11) is 0. The highest BCUT2D eigenvalue weighted by atomic mass is 32.2. The van der Waals surface area contributed by atoms with Crippen LogP contribution in [0.4, 0.5) is 0 Å². The van der Waals surface area contributed by atoms with E-state index in [1.807, 2.05) is 0 Å². The van der Waals surface area contributed by atoms with Gasteiger partial charge in [0.25, 0.3) is 0 Å². The minimum absolute atomic E-state index is 0.667. The van der Waals surface area contributed by atoms with E-state index in [4.69, 9.17) is 19.3 Å². The van der Waals surface area contributed by atoms with Gasteiger partial charge in [0.2, 0.25) is 0 Å². The van der Waals surface area contributed by atoms with E-state index in [2.05, 4.69) is 0 Å². The molecular formula is C2H8O6S2. The molecule has 0 radical (unpaired) electrons. The van der Waals surface area contributed by atoms with E-state index in [9.17, 15) is 8.42 Å². The van der Waals surface area contributed by atoms with Gasteiger partial charge in [-0.25, -0.2) is 8.42 Å². The van der Waals surface area contributed by atoms with Crippen LogP contribution >= 0.6 is 0 Å². The molecule has 0 spiro atoms. The van der Waals surface area contributed by atoms with Gasteiger partial charge in [-0.3, -0.25) is 0 Å². The van der Waals surface area contributed by atoms with Crippen molar-refractivity contribution in [1.82, 2.24) is 0 Å². The van der Waals surface area contributed by atoms with Crippen molar-refractivity contribution in [3.05, 3.63) is 0 Å². The fourth-order valence-corrected chi connectivity index (χ4v) is 0. The van der Waals surface area contributed by atoms with Crippen LogP contribution in [0.5, 0.6) is 0 Å². The number of rotatable bonds is 2. The zero-order valence-electron chi connectivity index (χ0n) is 4.84. The molecule has 0 saturated carbocycles. The molecule has 0 aromatic heterocycles. The molecule has 0 saturated heterocycles. The van der Waals surface area contributed by atoms with Gasteiger partial charge in [-0.1, -0.05) is 0 Å². The number of aliphatic hydroxyl groups excluding tert-OH is 2. The van der Waals surface area contributed by atoms with Crippen molar-refractivity contribution in [2.24, 2.45) is 0 Å². The number of hydrogen-bond donors (Lipinski definition) is 4. The molecule has 10 heavy (non-hydrogen) atoms. The standard InChI is InChI=1S/2CH4O3S/c2*2-1-5(3)4/h2*2H,1H2,(H,3,4). The van der Waals surface area contributed by atoms with Gasteiger partial charge in [0, 0.05) is 0 Å². The van der Waals surface area contributed by atoms with Crippen molar-refractivity contribution in [3.63, 3.8) is 0 Å². The van der Waals surface area contributed by atoms with Gasteiger partial charge in [-0.15, -0.1) is 0 Å². The Labute approximate surface area is 62.5 Å². The van der Waals surface area contributed by atoms with E-state index in [1.54, 1.807) is 0 Å². The second-order valence-electron chi connectivity index (χ2n) is 0.901. The molecule has 2 unspecified atom stereocenters. The summed E-state index contributed by atoms with van der Waals surface area (Å²) >= 11 is -4.03. The quantitative estimate of drug-likeness (QED) is 0.388. The van der Waals surface area contributed by atoms with Crippen LogP contribution in [0.15, 0.2) is 0 Å². The van der Waals surface area contributed by atoms with Crippen LogP contribution in [-0.4, -0.2) is 39.6 Å². The molecule has 64 valence electrons. The van der Waals surface area contributed by atoms with Gasteiger partial charge in [0.05, 0.1) is 0 Å². The third kappa shape index (κ3) is 24.2. The van der Waals surface area contributed by atoms with E-state index in [-0.39, 0.29) is 0 Å². The van der Waals surface area contributed by atoms with Crippen LogP contribution in [0.25, 0.3) is 0 Å². The highest BCUT2D eigenvalue weighted by Gasteiger charge is 1.78. The first-order valence-corrected chi connectivity index (χ1v) is 4.46. The Bertz CT molecular complexity index is 98.3. The monoisotopic (exact) mass is 192 g/mol. The van der Waals surface area contributed by atoms with Gasteiger partial charge < -0.3 is 19.3 Å². The predicted octanol–water partition coefficient (Wildman–Crippen LogP) is -1.68. The maximum absolute atomic E-state index is 9.23. The first-order valence-electron chi connectivity index (χ1n) is 1.91. The summed E-state index contributed by atoms with van der Waals surface area (Å²) in [5, 5.41) is 15.2. The summed E-state index contributed by atoms with van der Waals surface area (Å²) < 4.78 is 33.6. The van der Waals surface area contributed by atoms with E-state index in [0.29, 0.717) is 0 Å². The maximum Gasteiger partial charge on any atom is 0.179 e. The smallest absolute Gasteiger partial charge is 0.179 e. The van der Waals surface area contributed by atoms with Gasteiger partial charge in [0.15, 0.2) is 22.2 Å². The highest BCUT2D eigenvalue weighted by molar-refractivity contribution is 7.79. The van der Waals surface area contributed by atoms with E-state index in [0.717, 1.165) is 0 Å². The Balaban J connectivity index is 0. The van der Waals surface area contributed by atoms with Gasteiger partial charge >= 0.3 is 0 Å². The highest BCUT2D eigenvalue weighted by Crippen LogP contribution is 1.59. The Kier molecular flexibility index (Phi) is 11.7. The molecule has 6 nitrogen and oxygen atoms in total. The van der Waals surface area contributed by atoms with Crippen molar-refractivity contribution in [1.29, 1.82) is 0 Å². The zero-order chi connectivity index (χ0) is 8.57. The third-order valence-corrected chi connectivity index (χ3v) is 0.663. The topological polar surface area (TPSA) is 115 Å². The lowest BCUT2D eigenvalue weighted by Crippen LogP contribution is -1.89. The lowest BCUT2D eigenvalue weighted by molar-refractivity contribution is 0.354. The largest absolute Gasteiger partial charge is 0.381 e. The molecule has 0 aliphatic rings. The Morgan fingerprint density at radius 1 is 0.900 bits per heavy atom. The summed E-state index contributed by atoms with van der Waals surface area (Å²) in [5.74, 6) is -1.33. The molecule has 0 aromatic carbocycles. The van der Waals surface area contributed by atoms with Gasteiger partial charge in [-0.05, 0) is 0 Å². The molecule has 0 heterocycles. The van der Waals surface area contributed by atoms with E-state index < -0.39 is 34.0 Å². The van der Waals surface area contributed by atoms with Crippen molar-refractivity contribution < 1.29 is 27.7 Å². The molecule has 8 heteroatoms. The second-order valence-corrected chi connectivity index (χ2v) is 2.70. The van der Waals surface area contributed by atoms with Crippen LogP contribution in [0.1, 0.15) is 0 Å². The minimum atomic E-state index is -2.02. The summed E-state index contributed by atoms with van der Waals surface area (Å²) in [6.45, 7) is 0. The summed E-state index contributed by atoms with van der Waals surface area (Å²) in [6.07, 6.45) is 0. The first kappa shape index (κ1) is 12.8. The predicted molar refractivity (Wildman–Crippen MR) is 35.7 cm³/mol. The third-order valence-electron chi connectivity index (χ3n) is 0.221. The van der Waals surface area contributed by atoms with Gasteiger partial charge in [0.1, 0.15) is 11.9 Å². The second kappa shape index (κ2) is 9.14. The van der Waals surface area contributed by atoms with Crippen LogP contribution < -0.4 is 0 Å². The van der Waals surface area contributed by atoms with Crippen LogP contribution in [0.3, 0.4) is 0 Å². The SMILES string of the molecule is O=S(O)CO.O=S(O)CO. The lowest BCUT2D eigenvalue weighted by atomic mass is 11.7. The molecule has 4 N–H and O–H groups in total. The van der Waals surface area contributed by atoms with Crippen LogP contribution in [0.2, 0.25) is 0 Å². The average molecular weight is 192 g/mol. The van der Waals surface area contributed by atoms with Crippen molar-refractivity contribution in [3.8, 4) is 0 Å². The fraction of sp³-hybridized carbons (Fsp3) is 1.00. The summed E-state index contributed by atoms with van der Waals surface area (Å²) in [4.78, 5) is 0. The molecule has 0 bridgehead atoms. The fourth-order valence-electron chi connectivity index (χ4n) is 0. The van der Waals surface area contributed by atoms with E-state index in [1.165, 1.54) is 0 Å². The molecule has 0 aliphatic heterocycles. The normalized spacial score (nSPS) is 14.8. The number of aliphatic hydroxyl groups is 2. The summed E-state index contributed by atoms with van der Waals surface area (Å²) in [6, 6.07) is 0. The van der Waals surface area contributed by atoms with Crippen LogP contribution in [-0.2, 0) is 22.2 Å². The van der Waals surface area contributed by atoms with Gasteiger partial charge in [-0.2, -0.15) is 0 Å². The molecule has 0 aromatic rings. The summed E-state index contributed by atoms with van der Waals surface area (Å²) in [5.41, 5.74) is 0. The number of hydrogen-bond acceptors (Lipinski definition) is 4. The average Bonchev–Trinajstić information content (AvgIpc) is 1.89. The maximum atomic E-state index is 9.23. The molecule has 0 aliphatic carbocycles. The lowest BCUT2D eigenvalue weighted by Gasteiger charge is -1.73. The van der Waals surface area contributed by atoms with Crippen LogP contribution in [0, 0.1) is 0 Å². The van der Waals surface area contributed by atoms with Crippen molar-refractivity contribution >= 4 is 22.2 Å². The Hall–Kier alpha value is 0.140. The zero-order valence-corrected chi connectivity index (χ0v) is 6.47. The Morgan fingerprint density at radius 3 is 1.00 bits per heavy atom. The molecule has 0 fully saturated rings. The van der Waals surface area contributed by atoms with Crippen molar-refractivity contribution in [2.75, 3.05) is 11.9 Å². The van der Waals surface area contributed by atoms with Crippen molar-refractivity contribution in [2.45, 2.75) is 0 Å². The molecule has 0 amide bonds. The van der Waals surface area contributed by atoms with E-state index >= 15 is 0 Å². The Morgan fingerprint density at radius 2 is 1.00 bits per heavy atom. The molecule has 2 atom stereocenters.